The average molecular weight is 440 g/mol. The number of carbonyl (C=O) groups is 1. The van der Waals surface area contributed by atoms with Crippen molar-refractivity contribution in [1.29, 1.82) is 0 Å². The van der Waals surface area contributed by atoms with E-state index in [-0.39, 0.29) is 18.2 Å². The van der Waals surface area contributed by atoms with E-state index < -0.39 is 10.0 Å². The van der Waals surface area contributed by atoms with Crippen LogP contribution < -0.4 is 19.1 Å². The predicted molar refractivity (Wildman–Crippen MR) is 117 cm³/mol. The van der Waals surface area contributed by atoms with Gasteiger partial charge in [0.1, 0.15) is 19.8 Å². The zero-order valence-corrected chi connectivity index (χ0v) is 18.7. The third kappa shape index (κ3) is 6.01. The van der Waals surface area contributed by atoms with Gasteiger partial charge in [-0.3, -0.25) is 9.10 Å². The molecule has 168 valence electrons. The highest BCUT2D eigenvalue weighted by Gasteiger charge is 2.25. The Morgan fingerprint density at radius 1 is 1.20 bits per heavy atom. The Bertz CT molecular complexity index is 822. The van der Waals surface area contributed by atoms with Crippen molar-refractivity contribution >= 4 is 21.6 Å². The third-order valence-corrected chi connectivity index (χ3v) is 7.39. The van der Waals surface area contributed by atoms with Gasteiger partial charge in [-0.15, -0.1) is 0 Å². The summed E-state index contributed by atoms with van der Waals surface area (Å²) in [5, 5.41) is 2.86. The molecule has 2 aliphatic heterocycles. The maximum absolute atomic E-state index is 12.6. The third-order valence-electron chi connectivity index (χ3n) is 5.65. The molecule has 1 aromatic rings. The number of likely N-dealkylation sites (tertiary alicyclic amines) is 1. The van der Waals surface area contributed by atoms with Crippen LogP contribution in [0, 0.1) is 5.92 Å². The van der Waals surface area contributed by atoms with E-state index in [9.17, 15) is 13.2 Å². The van der Waals surface area contributed by atoms with E-state index in [0.717, 1.165) is 36.3 Å². The lowest BCUT2D eigenvalue weighted by Gasteiger charge is -2.30. The van der Waals surface area contributed by atoms with Gasteiger partial charge in [0.15, 0.2) is 11.5 Å². The molecule has 0 atom stereocenters. The summed E-state index contributed by atoms with van der Waals surface area (Å²) in [6.07, 6.45) is 3.31. The normalized spacial score (nSPS) is 17.5. The van der Waals surface area contributed by atoms with Crippen LogP contribution in [0.25, 0.3) is 0 Å². The summed E-state index contributed by atoms with van der Waals surface area (Å²) in [7, 11) is -3.62. The number of benzene rings is 1. The summed E-state index contributed by atoms with van der Waals surface area (Å²) in [5.74, 6) is 1.46. The molecule has 2 aliphatic rings. The van der Waals surface area contributed by atoms with Crippen molar-refractivity contribution < 1.29 is 22.7 Å². The molecule has 2 heterocycles. The lowest BCUT2D eigenvalue weighted by atomic mass is 9.99. The molecule has 30 heavy (non-hydrogen) atoms. The molecule has 1 aromatic carbocycles. The minimum atomic E-state index is -3.62. The molecule has 1 saturated heterocycles. The first-order chi connectivity index (χ1) is 14.4. The Balaban J connectivity index is 1.55. The molecule has 9 heteroatoms. The summed E-state index contributed by atoms with van der Waals surface area (Å²) < 4.78 is 37.5. The zero-order valence-electron chi connectivity index (χ0n) is 17.9. The molecule has 0 bridgehead atoms. The van der Waals surface area contributed by atoms with Crippen LogP contribution in [0.15, 0.2) is 18.2 Å². The van der Waals surface area contributed by atoms with Gasteiger partial charge in [0.25, 0.3) is 0 Å². The van der Waals surface area contributed by atoms with Crippen LogP contribution in [0.4, 0.5) is 5.69 Å². The van der Waals surface area contributed by atoms with E-state index >= 15 is 0 Å². The Kier molecular flexibility index (Phi) is 7.82. The van der Waals surface area contributed by atoms with Crippen molar-refractivity contribution in [3.05, 3.63) is 18.2 Å². The second-order valence-corrected chi connectivity index (χ2v) is 10.1. The van der Waals surface area contributed by atoms with E-state index in [2.05, 4.69) is 17.1 Å². The van der Waals surface area contributed by atoms with Crippen LogP contribution in [0.2, 0.25) is 0 Å². The van der Waals surface area contributed by atoms with Crippen LogP contribution in [0.1, 0.15) is 33.1 Å². The van der Waals surface area contributed by atoms with Crippen molar-refractivity contribution in [2.24, 2.45) is 5.92 Å². The number of carbonyl (C=O) groups excluding carboxylic acids is 1. The van der Waals surface area contributed by atoms with Gasteiger partial charge in [0.2, 0.25) is 15.9 Å². The van der Waals surface area contributed by atoms with E-state index in [1.165, 1.54) is 12.8 Å². The molecule has 0 unspecified atom stereocenters. The van der Waals surface area contributed by atoms with Crippen LogP contribution in [-0.4, -0.2) is 70.9 Å². The quantitative estimate of drug-likeness (QED) is 0.591. The van der Waals surface area contributed by atoms with Crippen molar-refractivity contribution in [3.63, 3.8) is 0 Å². The van der Waals surface area contributed by atoms with E-state index in [1.807, 2.05) is 0 Å². The first-order valence-electron chi connectivity index (χ1n) is 10.8. The fourth-order valence-corrected chi connectivity index (χ4v) is 4.76. The molecule has 3 rings (SSSR count). The van der Waals surface area contributed by atoms with E-state index in [1.54, 1.807) is 25.1 Å². The Hall–Kier alpha value is -2.00. The number of nitrogens with one attached hydrogen (secondary N) is 1. The number of sulfonamides is 1. The molecule has 1 amide bonds. The van der Waals surface area contributed by atoms with Crippen molar-refractivity contribution in [1.82, 2.24) is 10.2 Å². The van der Waals surface area contributed by atoms with Crippen LogP contribution in [0.5, 0.6) is 11.5 Å². The minimum absolute atomic E-state index is 0.0951. The number of anilines is 1. The van der Waals surface area contributed by atoms with Gasteiger partial charge in [-0.2, -0.15) is 0 Å². The molecule has 0 aromatic heterocycles. The number of fused-ring (bicyclic) bond motifs is 1. The van der Waals surface area contributed by atoms with E-state index in [0.29, 0.717) is 36.9 Å². The molecular formula is C21H33N3O5S. The number of hydrogen-bond acceptors (Lipinski definition) is 6. The maximum Gasteiger partial charge on any atom is 0.240 e. The lowest BCUT2D eigenvalue weighted by molar-refractivity contribution is -0.119. The molecule has 0 saturated carbocycles. The number of ether oxygens (including phenoxy) is 2. The maximum atomic E-state index is 12.6. The van der Waals surface area contributed by atoms with Gasteiger partial charge in [-0.05, 0) is 63.9 Å². The minimum Gasteiger partial charge on any atom is -0.486 e. The van der Waals surface area contributed by atoms with Gasteiger partial charge in [0.05, 0.1) is 11.4 Å². The average Bonchev–Trinajstić information content (AvgIpc) is 2.76. The fraction of sp³-hybridized carbons (Fsp3) is 0.667. The molecule has 1 N–H and O–H groups in total. The zero-order chi connectivity index (χ0) is 21.6. The first-order valence-corrected chi connectivity index (χ1v) is 12.4. The smallest absolute Gasteiger partial charge is 0.240 e. The summed E-state index contributed by atoms with van der Waals surface area (Å²) in [6, 6.07) is 4.94. The van der Waals surface area contributed by atoms with Crippen LogP contribution >= 0.6 is 0 Å². The molecule has 0 aliphatic carbocycles. The second kappa shape index (κ2) is 10.3. The highest BCUT2D eigenvalue weighted by molar-refractivity contribution is 7.92. The number of amides is 1. The van der Waals surface area contributed by atoms with Gasteiger partial charge in [-0.25, -0.2) is 8.42 Å². The monoisotopic (exact) mass is 439 g/mol. The SMILES string of the molecule is CCS(=O)(=O)N(CC(=O)NCCCN1CCC(C)CC1)c1ccc2c(c1)OCCO2. The number of nitrogens with zero attached hydrogens (tertiary/aromatic N) is 2. The fourth-order valence-electron chi connectivity index (χ4n) is 3.70. The van der Waals surface area contributed by atoms with Gasteiger partial charge >= 0.3 is 0 Å². The lowest BCUT2D eigenvalue weighted by Crippen LogP contribution is -2.42. The van der Waals surface area contributed by atoms with Crippen LogP contribution in [0.3, 0.4) is 0 Å². The summed E-state index contributed by atoms with van der Waals surface area (Å²) in [4.78, 5) is 14.9. The topological polar surface area (TPSA) is 88.2 Å². The molecular weight excluding hydrogens is 406 g/mol. The summed E-state index contributed by atoms with van der Waals surface area (Å²) in [5.41, 5.74) is 0.402. The van der Waals surface area contributed by atoms with E-state index in [4.69, 9.17) is 9.47 Å². The number of rotatable bonds is 9. The largest absolute Gasteiger partial charge is 0.486 e. The Morgan fingerprint density at radius 3 is 2.60 bits per heavy atom. The number of piperidine rings is 1. The second-order valence-electron chi connectivity index (χ2n) is 7.96. The van der Waals surface area contributed by atoms with Crippen molar-refractivity contribution in [3.8, 4) is 11.5 Å². The van der Waals surface area contributed by atoms with Gasteiger partial charge in [-0.1, -0.05) is 6.92 Å². The molecule has 0 radical (unpaired) electrons. The highest BCUT2D eigenvalue weighted by atomic mass is 32.2. The molecule has 8 nitrogen and oxygen atoms in total. The summed E-state index contributed by atoms with van der Waals surface area (Å²) >= 11 is 0. The molecule has 1 fully saturated rings. The standard InChI is InChI=1S/C21H33N3O5S/c1-3-30(26,27)24(18-5-6-19-20(15-18)29-14-13-28-19)16-21(25)22-9-4-10-23-11-7-17(2)8-12-23/h5-6,15,17H,3-4,7-14,16H2,1-2H3,(H,22,25). The Morgan fingerprint density at radius 2 is 1.90 bits per heavy atom. The van der Waals surface area contributed by atoms with Crippen molar-refractivity contribution in [2.45, 2.75) is 33.1 Å². The van der Waals surface area contributed by atoms with Crippen molar-refractivity contribution in [2.75, 3.05) is 56.0 Å². The number of hydrogen-bond donors (Lipinski definition) is 1. The van der Waals surface area contributed by atoms with Crippen LogP contribution in [-0.2, 0) is 14.8 Å². The predicted octanol–water partition coefficient (Wildman–Crippen LogP) is 1.85. The van der Waals surface area contributed by atoms with Gasteiger partial charge in [0, 0.05) is 12.6 Å². The Labute approximate surface area is 179 Å². The highest BCUT2D eigenvalue weighted by Crippen LogP contribution is 2.34. The van der Waals surface area contributed by atoms with Gasteiger partial charge < -0.3 is 19.7 Å². The molecule has 0 spiro atoms. The summed E-state index contributed by atoms with van der Waals surface area (Å²) in [6.45, 7) is 8.18. The first kappa shape index (κ1) is 22.7.